The second-order valence-corrected chi connectivity index (χ2v) is 5.64. The standard InChI is InChI=1S/C10H8ClNO3S/c1-15-8-4-5-9(16(11,13)14)10-7(8)3-2-6-12-10/h2-6H,1H3. The summed E-state index contributed by atoms with van der Waals surface area (Å²) in [5, 5.41) is 0.617. The van der Waals surface area contributed by atoms with Crippen LogP contribution in [0.1, 0.15) is 0 Å². The number of benzene rings is 1. The monoisotopic (exact) mass is 257 g/mol. The molecule has 0 radical (unpaired) electrons. The zero-order valence-corrected chi connectivity index (χ0v) is 9.92. The smallest absolute Gasteiger partial charge is 0.263 e. The lowest BCUT2D eigenvalue weighted by molar-refractivity contribution is 0.419. The van der Waals surface area contributed by atoms with Crippen LogP contribution in [-0.2, 0) is 9.05 Å². The molecule has 0 amide bonds. The number of hydrogen-bond acceptors (Lipinski definition) is 4. The number of aromatic nitrogens is 1. The van der Waals surface area contributed by atoms with Gasteiger partial charge in [0.15, 0.2) is 0 Å². The highest BCUT2D eigenvalue weighted by Crippen LogP contribution is 2.30. The van der Waals surface area contributed by atoms with E-state index in [9.17, 15) is 8.42 Å². The Labute approximate surface area is 97.2 Å². The SMILES string of the molecule is COc1ccc(S(=O)(=O)Cl)c2ncccc12. The number of hydrogen-bond donors (Lipinski definition) is 0. The molecule has 0 saturated heterocycles. The first kappa shape index (κ1) is 11.2. The summed E-state index contributed by atoms with van der Waals surface area (Å²) in [7, 11) is 3.03. The first-order chi connectivity index (χ1) is 7.54. The van der Waals surface area contributed by atoms with Gasteiger partial charge in [0.25, 0.3) is 9.05 Å². The highest BCUT2D eigenvalue weighted by atomic mass is 35.7. The molecule has 2 rings (SSSR count). The van der Waals surface area contributed by atoms with E-state index >= 15 is 0 Å². The normalized spacial score (nSPS) is 11.6. The molecule has 1 heterocycles. The van der Waals surface area contributed by atoms with Crippen LogP contribution in [0.5, 0.6) is 5.75 Å². The van der Waals surface area contributed by atoms with Crippen molar-refractivity contribution in [1.82, 2.24) is 4.98 Å². The Balaban J connectivity index is 2.91. The molecule has 16 heavy (non-hydrogen) atoms. The molecule has 6 heteroatoms. The lowest BCUT2D eigenvalue weighted by Crippen LogP contribution is -1.95. The van der Waals surface area contributed by atoms with Gasteiger partial charge in [-0.1, -0.05) is 0 Å². The van der Waals surface area contributed by atoms with E-state index in [4.69, 9.17) is 15.4 Å². The predicted molar refractivity (Wildman–Crippen MR) is 61.3 cm³/mol. The second kappa shape index (κ2) is 3.92. The van der Waals surface area contributed by atoms with Crippen LogP contribution < -0.4 is 4.74 Å². The van der Waals surface area contributed by atoms with Gasteiger partial charge in [-0.15, -0.1) is 0 Å². The van der Waals surface area contributed by atoms with Crippen molar-refractivity contribution in [3.8, 4) is 5.75 Å². The van der Waals surface area contributed by atoms with Crippen molar-refractivity contribution in [2.24, 2.45) is 0 Å². The zero-order chi connectivity index (χ0) is 11.8. The summed E-state index contributed by atoms with van der Waals surface area (Å²) in [4.78, 5) is 4.00. The third-order valence-corrected chi connectivity index (χ3v) is 3.53. The number of ether oxygens (including phenoxy) is 1. The number of nitrogens with zero attached hydrogens (tertiary/aromatic N) is 1. The molecule has 2 aromatic rings. The van der Waals surface area contributed by atoms with Crippen LogP contribution in [0.3, 0.4) is 0 Å². The van der Waals surface area contributed by atoms with Crippen molar-refractivity contribution >= 4 is 30.6 Å². The number of fused-ring (bicyclic) bond motifs is 1. The molecule has 0 bridgehead atoms. The van der Waals surface area contributed by atoms with Crippen molar-refractivity contribution in [3.05, 3.63) is 30.5 Å². The molecule has 0 fully saturated rings. The highest BCUT2D eigenvalue weighted by Gasteiger charge is 2.16. The second-order valence-electron chi connectivity index (χ2n) is 3.10. The van der Waals surface area contributed by atoms with Gasteiger partial charge in [0.1, 0.15) is 10.6 Å². The summed E-state index contributed by atoms with van der Waals surface area (Å²) in [5.41, 5.74) is 0.317. The van der Waals surface area contributed by atoms with Crippen LogP contribution in [0.4, 0.5) is 0 Å². The van der Waals surface area contributed by atoms with Crippen molar-refractivity contribution in [2.75, 3.05) is 7.11 Å². The Bertz CT molecular complexity index is 640. The van der Waals surface area contributed by atoms with Crippen LogP contribution in [0, 0.1) is 0 Å². The van der Waals surface area contributed by atoms with E-state index < -0.39 is 9.05 Å². The Morgan fingerprint density at radius 2 is 2.06 bits per heavy atom. The van der Waals surface area contributed by atoms with Gasteiger partial charge >= 0.3 is 0 Å². The van der Waals surface area contributed by atoms with Crippen LogP contribution >= 0.6 is 10.7 Å². The number of pyridine rings is 1. The average Bonchev–Trinajstić information content (AvgIpc) is 2.26. The van der Waals surface area contributed by atoms with E-state index in [1.165, 1.54) is 19.4 Å². The fourth-order valence-corrected chi connectivity index (χ4v) is 2.49. The summed E-state index contributed by atoms with van der Waals surface area (Å²) in [6.45, 7) is 0. The van der Waals surface area contributed by atoms with Crippen molar-refractivity contribution in [2.45, 2.75) is 4.90 Å². The van der Waals surface area contributed by atoms with Gasteiger partial charge in [0.2, 0.25) is 0 Å². The van der Waals surface area contributed by atoms with Crippen LogP contribution in [0.2, 0.25) is 0 Å². The molecular formula is C10H8ClNO3S. The van der Waals surface area contributed by atoms with E-state index in [-0.39, 0.29) is 4.90 Å². The lowest BCUT2D eigenvalue weighted by Gasteiger charge is -2.06. The summed E-state index contributed by atoms with van der Waals surface area (Å²) in [5.74, 6) is 0.562. The maximum absolute atomic E-state index is 11.3. The molecule has 0 atom stereocenters. The summed E-state index contributed by atoms with van der Waals surface area (Å²) in [6, 6.07) is 6.37. The van der Waals surface area contributed by atoms with Gasteiger partial charge in [-0.25, -0.2) is 8.42 Å². The van der Waals surface area contributed by atoms with E-state index in [0.29, 0.717) is 16.7 Å². The van der Waals surface area contributed by atoms with Gasteiger partial charge in [-0.3, -0.25) is 4.98 Å². The third-order valence-electron chi connectivity index (χ3n) is 2.18. The molecule has 4 nitrogen and oxygen atoms in total. The van der Waals surface area contributed by atoms with Crippen molar-refractivity contribution in [3.63, 3.8) is 0 Å². The van der Waals surface area contributed by atoms with Crippen molar-refractivity contribution in [1.29, 1.82) is 0 Å². The molecule has 1 aromatic carbocycles. The summed E-state index contributed by atoms with van der Waals surface area (Å²) in [6.07, 6.45) is 1.51. The molecule has 0 N–H and O–H groups in total. The minimum absolute atomic E-state index is 0.00873. The fourth-order valence-electron chi connectivity index (χ4n) is 1.50. The molecule has 0 saturated carbocycles. The number of rotatable bonds is 2. The van der Waals surface area contributed by atoms with E-state index in [0.717, 1.165) is 0 Å². The maximum atomic E-state index is 11.3. The van der Waals surface area contributed by atoms with Gasteiger partial charge in [-0.2, -0.15) is 0 Å². The first-order valence-electron chi connectivity index (χ1n) is 4.40. The van der Waals surface area contributed by atoms with Crippen LogP contribution in [-0.4, -0.2) is 20.5 Å². The van der Waals surface area contributed by atoms with E-state index in [2.05, 4.69) is 4.98 Å². The molecule has 0 aliphatic heterocycles. The summed E-state index contributed by atoms with van der Waals surface area (Å²) >= 11 is 0. The minimum atomic E-state index is -3.80. The quantitative estimate of drug-likeness (QED) is 0.774. The molecule has 0 aliphatic rings. The van der Waals surface area contributed by atoms with Gasteiger partial charge in [0.05, 0.1) is 12.6 Å². The zero-order valence-electron chi connectivity index (χ0n) is 8.34. The maximum Gasteiger partial charge on any atom is 0.263 e. The van der Waals surface area contributed by atoms with E-state index in [1.807, 2.05) is 0 Å². The summed E-state index contributed by atoms with van der Waals surface area (Å²) < 4.78 is 27.8. The molecule has 0 aliphatic carbocycles. The van der Waals surface area contributed by atoms with Gasteiger partial charge < -0.3 is 4.74 Å². The molecule has 84 valence electrons. The predicted octanol–water partition coefficient (Wildman–Crippen LogP) is 2.17. The largest absolute Gasteiger partial charge is 0.496 e. The van der Waals surface area contributed by atoms with Gasteiger partial charge in [0, 0.05) is 22.3 Å². The van der Waals surface area contributed by atoms with E-state index in [1.54, 1.807) is 18.2 Å². The number of halogens is 1. The first-order valence-corrected chi connectivity index (χ1v) is 6.71. The lowest BCUT2D eigenvalue weighted by atomic mass is 10.2. The minimum Gasteiger partial charge on any atom is -0.496 e. The molecular weight excluding hydrogens is 250 g/mol. The highest BCUT2D eigenvalue weighted by molar-refractivity contribution is 8.14. The fraction of sp³-hybridized carbons (Fsp3) is 0.100. The Kier molecular flexibility index (Phi) is 2.73. The van der Waals surface area contributed by atoms with Crippen molar-refractivity contribution < 1.29 is 13.2 Å². The molecule has 1 aromatic heterocycles. The average molecular weight is 258 g/mol. The Morgan fingerprint density at radius 1 is 1.31 bits per heavy atom. The molecule has 0 spiro atoms. The Morgan fingerprint density at radius 3 is 2.69 bits per heavy atom. The Hall–Kier alpha value is -1.33. The van der Waals surface area contributed by atoms with Crippen LogP contribution in [0.15, 0.2) is 35.4 Å². The number of methoxy groups -OCH3 is 1. The third kappa shape index (κ3) is 1.83. The molecule has 0 unspecified atom stereocenters. The topological polar surface area (TPSA) is 56.3 Å². The van der Waals surface area contributed by atoms with Crippen LogP contribution in [0.25, 0.3) is 10.9 Å². The van der Waals surface area contributed by atoms with Gasteiger partial charge in [-0.05, 0) is 24.3 Å².